The first-order chi connectivity index (χ1) is 12.2. The highest BCUT2D eigenvalue weighted by atomic mass is 35.5. The summed E-state index contributed by atoms with van der Waals surface area (Å²) in [6.07, 6.45) is 0.955. The van der Waals surface area contributed by atoms with Crippen LogP contribution in [0, 0.1) is 0 Å². The third-order valence-electron chi connectivity index (χ3n) is 4.63. The Bertz CT molecular complexity index is 702. The molecule has 1 unspecified atom stereocenters. The Morgan fingerprint density at radius 2 is 1.88 bits per heavy atom. The van der Waals surface area contributed by atoms with E-state index in [1.54, 1.807) is 0 Å². The van der Waals surface area contributed by atoms with Gasteiger partial charge in [-0.05, 0) is 48.9 Å². The van der Waals surface area contributed by atoms with Crippen molar-refractivity contribution in [3.05, 3.63) is 63.6 Å². The zero-order valence-corrected chi connectivity index (χ0v) is 16.0. The smallest absolute Gasteiger partial charge is 0.0642 e. The molecule has 0 bridgehead atoms. The van der Waals surface area contributed by atoms with Gasteiger partial charge in [0.2, 0.25) is 0 Å². The minimum atomic E-state index is 0.347. The first-order valence-corrected chi connectivity index (χ1v) is 9.44. The van der Waals surface area contributed by atoms with Crippen molar-refractivity contribution in [2.75, 3.05) is 44.8 Å². The quantitative estimate of drug-likeness (QED) is 0.807. The summed E-state index contributed by atoms with van der Waals surface area (Å²) in [5.74, 6) is 0.347. The van der Waals surface area contributed by atoms with Gasteiger partial charge in [-0.3, -0.25) is 0 Å². The summed E-state index contributed by atoms with van der Waals surface area (Å²) in [5.41, 5.74) is 3.81. The van der Waals surface area contributed by atoms with E-state index in [1.165, 1.54) is 16.8 Å². The van der Waals surface area contributed by atoms with Gasteiger partial charge in [-0.15, -0.1) is 0 Å². The van der Waals surface area contributed by atoms with Crippen LogP contribution in [0.15, 0.2) is 42.5 Å². The summed E-state index contributed by atoms with van der Waals surface area (Å²) in [6, 6.07) is 14.8. The van der Waals surface area contributed by atoms with Gasteiger partial charge in [0.15, 0.2) is 0 Å². The molecule has 0 aliphatic carbocycles. The van der Waals surface area contributed by atoms with Crippen molar-refractivity contribution in [1.29, 1.82) is 0 Å². The van der Waals surface area contributed by atoms with E-state index >= 15 is 0 Å². The Morgan fingerprint density at radius 1 is 1.08 bits per heavy atom. The molecule has 134 valence electrons. The molecular weight excluding hydrogens is 355 g/mol. The molecule has 0 radical (unpaired) electrons. The van der Waals surface area contributed by atoms with Gasteiger partial charge >= 0.3 is 0 Å². The van der Waals surface area contributed by atoms with Crippen molar-refractivity contribution in [3.63, 3.8) is 0 Å². The van der Waals surface area contributed by atoms with Gasteiger partial charge in [0.1, 0.15) is 0 Å². The highest BCUT2D eigenvalue weighted by molar-refractivity contribution is 6.42. The van der Waals surface area contributed by atoms with Crippen molar-refractivity contribution >= 4 is 28.9 Å². The zero-order chi connectivity index (χ0) is 17.6. The molecule has 1 N–H and O–H groups in total. The predicted molar refractivity (Wildman–Crippen MR) is 106 cm³/mol. The van der Waals surface area contributed by atoms with E-state index in [-0.39, 0.29) is 0 Å². The summed E-state index contributed by atoms with van der Waals surface area (Å²) >= 11 is 12.3. The van der Waals surface area contributed by atoms with Gasteiger partial charge < -0.3 is 15.0 Å². The average molecular weight is 379 g/mol. The van der Waals surface area contributed by atoms with Crippen LogP contribution >= 0.6 is 23.2 Å². The van der Waals surface area contributed by atoms with E-state index in [9.17, 15) is 0 Å². The summed E-state index contributed by atoms with van der Waals surface area (Å²) in [5, 5.41) is 4.51. The second kappa shape index (κ2) is 8.91. The molecular formula is C20H24Cl2N2O. The van der Waals surface area contributed by atoms with Crippen molar-refractivity contribution in [3.8, 4) is 0 Å². The number of ether oxygens (including phenoxy) is 1. The summed E-state index contributed by atoms with van der Waals surface area (Å²) in [4.78, 5) is 2.39. The Hall–Kier alpha value is -1.26. The number of halogens is 2. The number of benzene rings is 2. The fourth-order valence-corrected chi connectivity index (χ4v) is 3.61. The molecule has 0 aromatic heterocycles. The molecule has 5 heteroatoms. The molecule has 1 heterocycles. The van der Waals surface area contributed by atoms with E-state index in [4.69, 9.17) is 27.9 Å². The van der Waals surface area contributed by atoms with Crippen molar-refractivity contribution < 1.29 is 4.74 Å². The number of anilines is 1. The van der Waals surface area contributed by atoms with Gasteiger partial charge in [-0.1, -0.05) is 41.4 Å². The van der Waals surface area contributed by atoms with Crippen LogP contribution in [0.2, 0.25) is 10.0 Å². The zero-order valence-electron chi connectivity index (χ0n) is 14.5. The second-order valence-electron chi connectivity index (χ2n) is 6.40. The van der Waals surface area contributed by atoms with Crippen LogP contribution in [0.5, 0.6) is 0 Å². The fourth-order valence-electron chi connectivity index (χ4n) is 3.31. The Morgan fingerprint density at radius 3 is 2.60 bits per heavy atom. The number of rotatable bonds is 6. The number of likely N-dealkylation sites (N-methyl/N-ethyl adjacent to an activating group) is 1. The summed E-state index contributed by atoms with van der Waals surface area (Å²) in [6.45, 7) is 4.40. The van der Waals surface area contributed by atoms with Crippen LogP contribution < -0.4 is 10.2 Å². The van der Waals surface area contributed by atoms with Gasteiger partial charge in [-0.2, -0.15) is 0 Å². The molecule has 1 aliphatic rings. The molecule has 1 aliphatic heterocycles. The van der Waals surface area contributed by atoms with E-state index in [1.807, 2.05) is 19.2 Å². The van der Waals surface area contributed by atoms with Crippen molar-refractivity contribution in [1.82, 2.24) is 5.32 Å². The van der Waals surface area contributed by atoms with Crippen LogP contribution in [0.4, 0.5) is 5.69 Å². The summed E-state index contributed by atoms with van der Waals surface area (Å²) in [7, 11) is 1.98. The monoisotopic (exact) mass is 378 g/mol. The largest absolute Gasteiger partial charge is 0.378 e. The third-order valence-corrected chi connectivity index (χ3v) is 5.37. The third kappa shape index (κ3) is 4.89. The van der Waals surface area contributed by atoms with Crippen molar-refractivity contribution in [2.24, 2.45) is 0 Å². The first kappa shape index (κ1) is 18.5. The molecule has 1 atom stereocenters. The number of nitrogens with one attached hydrogen (secondary N) is 1. The lowest BCUT2D eigenvalue weighted by Gasteiger charge is -2.29. The normalized spacial score (nSPS) is 16.0. The molecule has 1 saturated heterocycles. The van der Waals surface area contributed by atoms with E-state index < -0.39 is 0 Å². The fraction of sp³-hybridized carbons (Fsp3) is 0.400. The van der Waals surface area contributed by atoms with Gasteiger partial charge in [0.05, 0.1) is 23.3 Å². The topological polar surface area (TPSA) is 24.5 Å². The average Bonchev–Trinajstić information content (AvgIpc) is 2.65. The minimum Gasteiger partial charge on any atom is -0.378 e. The molecule has 0 saturated carbocycles. The van der Waals surface area contributed by atoms with Gasteiger partial charge in [-0.25, -0.2) is 0 Å². The van der Waals surface area contributed by atoms with Crippen molar-refractivity contribution in [2.45, 2.75) is 12.3 Å². The molecule has 0 spiro atoms. The Balaban J connectivity index is 1.78. The maximum atomic E-state index is 6.22. The minimum absolute atomic E-state index is 0.347. The van der Waals surface area contributed by atoms with Crippen LogP contribution in [0.25, 0.3) is 0 Å². The number of nitrogens with zero attached hydrogens (tertiary/aromatic N) is 1. The molecule has 3 rings (SSSR count). The van der Waals surface area contributed by atoms with E-state index in [2.05, 4.69) is 40.5 Å². The Kier molecular flexibility index (Phi) is 6.60. The van der Waals surface area contributed by atoms with Gasteiger partial charge in [0.25, 0.3) is 0 Å². The molecule has 25 heavy (non-hydrogen) atoms. The first-order valence-electron chi connectivity index (χ1n) is 8.68. The molecule has 2 aromatic rings. The number of hydrogen-bond acceptors (Lipinski definition) is 3. The van der Waals surface area contributed by atoms with E-state index in [0.717, 1.165) is 39.3 Å². The van der Waals surface area contributed by atoms with Crippen LogP contribution in [-0.4, -0.2) is 39.9 Å². The predicted octanol–water partition coefficient (Wildman–Crippen LogP) is 4.38. The molecule has 2 aromatic carbocycles. The lowest BCUT2D eigenvalue weighted by molar-refractivity contribution is 0.122. The molecule has 0 amide bonds. The summed E-state index contributed by atoms with van der Waals surface area (Å²) < 4.78 is 5.45. The highest BCUT2D eigenvalue weighted by Crippen LogP contribution is 2.29. The van der Waals surface area contributed by atoms with Crippen LogP contribution in [-0.2, 0) is 11.2 Å². The SMILES string of the molecule is CNCC(Cc1cccc(N2CCOCC2)c1)c1ccc(Cl)c(Cl)c1. The van der Waals surface area contributed by atoms with Gasteiger partial charge in [0, 0.05) is 31.2 Å². The molecule has 3 nitrogen and oxygen atoms in total. The lowest BCUT2D eigenvalue weighted by Crippen LogP contribution is -2.36. The number of hydrogen-bond donors (Lipinski definition) is 1. The number of morpholine rings is 1. The molecule has 1 fully saturated rings. The highest BCUT2D eigenvalue weighted by Gasteiger charge is 2.15. The maximum absolute atomic E-state index is 6.22. The standard InChI is InChI=1S/C20H24Cl2N2O/c1-23-14-17(16-5-6-19(21)20(22)13-16)11-15-3-2-4-18(12-15)24-7-9-25-10-8-24/h2-6,12-13,17,23H,7-11,14H2,1H3. The van der Waals surface area contributed by atoms with E-state index in [0.29, 0.717) is 16.0 Å². The maximum Gasteiger partial charge on any atom is 0.0642 e. The van der Waals surface area contributed by atoms with Crippen LogP contribution in [0.1, 0.15) is 17.0 Å². The Labute approximate surface area is 159 Å². The van der Waals surface area contributed by atoms with Crippen LogP contribution in [0.3, 0.4) is 0 Å². The second-order valence-corrected chi connectivity index (χ2v) is 7.22. The lowest BCUT2D eigenvalue weighted by atomic mass is 9.91.